The molecule has 8 heteroatoms. The first-order valence-electron chi connectivity index (χ1n) is 10.8. The molecule has 1 fully saturated rings. The van der Waals surface area contributed by atoms with E-state index in [0.29, 0.717) is 10.8 Å². The quantitative estimate of drug-likeness (QED) is 0.270. The zero-order valence-electron chi connectivity index (χ0n) is 18.4. The minimum absolute atomic E-state index is 0.171. The molecule has 172 valence electrons. The minimum atomic E-state index is -1.17. The zero-order chi connectivity index (χ0) is 23.4. The third-order valence-electron chi connectivity index (χ3n) is 5.77. The molecule has 1 aliphatic heterocycles. The van der Waals surface area contributed by atoms with E-state index in [1.165, 1.54) is 22.5 Å². The molecular formula is C25H27N3O5. The van der Waals surface area contributed by atoms with Crippen LogP contribution in [0.5, 0.6) is 5.88 Å². The van der Waals surface area contributed by atoms with Crippen LogP contribution < -0.4 is 5.48 Å². The van der Waals surface area contributed by atoms with Crippen molar-refractivity contribution in [3.05, 3.63) is 65.4 Å². The highest BCUT2D eigenvalue weighted by molar-refractivity contribution is 5.90. The molecule has 2 aromatic carbocycles. The van der Waals surface area contributed by atoms with E-state index in [-0.39, 0.29) is 5.88 Å². The summed E-state index contributed by atoms with van der Waals surface area (Å²) in [6.07, 6.45) is 0.429. The molecule has 2 atom stereocenters. The second-order valence-electron chi connectivity index (χ2n) is 8.16. The number of fused-ring (bicyclic) bond motifs is 1. The summed E-state index contributed by atoms with van der Waals surface area (Å²) in [5.41, 5.74) is 4.41. The number of rotatable bonds is 5. The Balaban J connectivity index is 1.52. The number of hydrogen-bond donors (Lipinski definition) is 4. The molecule has 1 saturated heterocycles. The van der Waals surface area contributed by atoms with Gasteiger partial charge in [-0.05, 0) is 42.8 Å². The Morgan fingerprint density at radius 2 is 1.79 bits per heavy atom. The first-order chi connectivity index (χ1) is 16.0. The summed E-state index contributed by atoms with van der Waals surface area (Å²) in [6, 6.07) is 12.3. The number of aliphatic hydroxyl groups excluding tert-OH is 1. The third-order valence-corrected chi connectivity index (χ3v) is 5.77. The number of nitrogens with one attached hydrogen (secondary N) is 1. The average Bonchev–Trinajstić information content (AvgIpc) is 3.14. The molecule has 2 unspecified atom stereocenters. The fraction of sp³-hybridized carbons (Fsp3) is 0.320. The molecule has 33 heavy (non-hydrogen) atoms. The van der Waals surface area contributed by atoms with Gasteiger partial charge in [0, 0.05) is 47.7 Å². The normalized spacial score (nSPS) is 16.1. The molecule has 0 saturated carbocycles. The van der Waals surface area contributed by atoms with Gasteiger partial charge in [0.15, 0.2) is 5.88 Å². The van der Waals surface area contributed by atoms with Gasteiger partial charge in [0.2, 0.25) is 0 Å². The average molecular weight is 450 g/mol. The van der Waals surface area contributed by atoms with Crippen molar-refractivity contribution in [1.29, 1.82) is 0 Å². The Kier molecular flexibility index (Phi) is 6.96. The van der Waals surface area contributed by atoms with Crippen LogP contribution in [-0.2, 0) is 16.1 Å². The van der Waals surface area contributed by atoms with Gasteiger partial charge in [-0.1, -0.05) is 24.0 Å². The first-order valence-corrected chi connectivity index (χ1v) is 10.8. The molecule has 1 amide bonds. The summed E-state index contributed by atoms with van der Waals surface area (Å²) in [5, 5.41) is 30.7. The van der Waals surface area contributed by atoms with Gasteiger partial charge < -0.3 is 19.5 Å². The van der Waals surface area contributed by atoms with Gasteiger partial charge in [0.25, 0.3) is 5.91 Å². The number of aromatic hydroxyl groups is 1. The fourth-order valence-electron chi connectivity index (χ4n) is 4.01. The largest absolute Gasteiger partial charge is 0.494 e. The van der Waals surface area contributed by atoms with Crippen molar-refractivity contribution in [1.82, 2.24) is 14.9 Å². The molecule has 1 aromatic heterocycles. The molecule has 0 radical (unpaired) electrons. The van der Waals surface area contributed by atoms with Crippen molar-refractivity contribution in [2.24, 2.45) is 0 Å². The highest BCUT2D eigenvalue weighted by Crippen LogP contribution is 2.32. The van der Waals surface area contributed by atoms with Crippen LogP contribution in [0.15, 0.2) is 48.7 Å². The lowest BCUT2D eigenvalue weighted by Crippen LogP contribution is -2.36. The maximum Gasteiger partial charge on any atom is 0.269 e. The van der Waals surface area contributed by atoms with E-state index in [2.05, 4.69) is 28.9 Å². The van der Waals surface area contributed by atoms with E-state index in [0.717, 1.165) is 44.0 Å². The van der Waals surface area contributed by atoms with Crippen LogP contribution in [0.4, 0.5) is 0 Å². The molecular weight excluding hydrogens is 422 g/mol. The van der Waals surface area contributed by atoms with Gasteiger partial charge in [-0.25, -0.2) is 5.48 Å². The van der Waals surface area contributed by atoms with Crippen LogP contribution in [0.2, 0.25) is 0 Å². The van der Waals surface area contributed by atoms with Gasteiger partial charge in [-0.15, -0.1) is 0 Å². The number of hydroxylamine groups is 1. The fourth-order valence-corrected chi connectivity index (χ4v) is 4.01. The number of carbonyl (C=O) groups is 1. The number of aliphatic hydroxyl groups is 1. The predicted octanol–water partition coefficient (Wildman–Crippen LogP) is 2.01. The Morgan fingerprint density at radius 1 is 1.12 bits per heavy atom. The molecule has 4 N–H and O–H groups in total. The molecule has 1 aliphatic rings. The SMILES string of the molecule is CC(O)C(C(=O)NO)n1cc2cc(C#Cc3ccc(CN4CCOCC4)cc3)ccc2c1O. The number of nitrogens with zero attached hydrogens (tertiary/aromatic N) is 2. The number of amides is 1. The maximum absolute atomic E-state index is 12.0. The van der Waals surface area contributed by atoms with Crippen LogP contribution >= 0.6 is 0 Å². The maximum atomic E-state index is 12.0. The van der Waals surface area contributed by atoms with E-state index in [4.69, 9.17) is 9.94 Å². The molecule has 0 spiro atoms. The number of morpholine rings is 1. The first kappa shape index (κ1) is 22.8. The molecule has 0 bridgehead atoms. The highest BCUT2D eigenvalue weighted by atomic mass is 16.5. The Morgan fingerprint density at radius 3 is 2.45 bits per heavy atom. The highest BCUT2D eigenvalue weighted by Gasteiger charge is 2.28. The number of benzene rings is 2. The Labute approximate surface area is 192 Å². The lowest BCUT2D eigenvalue weighted by atomic mass is 10.1. The van der Waals surface area contributed by atoms with Gasteiger partial charge >= 0.3 is 0 Å². The van der Waals surface area contributed by atoms with E-state index < -0.39 is 18.1 Å². The van der Waals surface area contributed by atoms with Gasteiger partial charge in [0.1, 0.15) is 6.04 Å². The zero-order valence-corrected chi connectivity index (χ0v) is 18.4. The lowest BCUT2D eigenvalue weighted by molar-refractivity contribution is -0.135. The van der Waals surface area contributed by atoms with Gasteiger partial charge in [-0.3, -0.25) is 14.9 Å². The van der Waals surface area contributed by atoms with Crippen LogP contribution in [0.25, 0.3) is 10.8 Å². The summed E-state index contributed by atoms with van der Waals surface area (Å²) in [6.45, 7) is 5.77. The van der Waals surface area contributed by atoms with Crippen molar-refractivity contribution < 1.29 is 25.0 Å². The minimum Gasteiger partial charge on any atom is -0.494 e. The van der Waals surface area contributed by atoms with Crippen LogP contribution in [0.1, 0.15) is 29.7 Å². The Bertz CT molecular complexity index is 1180. The number of carbonyl (C=O) groups excluding carboxylic acids is 1. The van der Waals surface area contributed by atoms with Crippen LogP contribution in [-0.4, -0.2) is 63.2 Å². The monoisotopic (exact) mass is 449 g/mol. The summed E-state index contributed by atoms with van der Waals surface area (Å²) in [5.74, 6) is 5.30. The van der Waals surface area contributed by atoms with Crippen molar-refractivity contribution in [3.8, 4) is 17.7 Å². The molecule has 3 aromatic rings. The standard InChI is InChI=1S/C25H27N3O5/c1-17(29)23(24(30)26-32)28-16-21-14-19(8-9-22(21)25(28)31)5-2-18-3-6-20(7-4-18)15-27-10-12-33-13-11-27/h3-4,6-9,14,16-17,23,29,31-32H,10-13,15H2,1H3,(H,26,30). The van der Waals surface area contributed by atoms with Crippen molar-refractivity contribution in [2.45, 2.75) is 25.6 Å². The lowest BCUT2D eigenvalue weighted by Gasteiger charge is -2.26. The van der Waals surface area contributed by atoms with E-state index in [1.54, 1.807) is 24.4 Å². The van der Waals surface area contributed by atoms with Crippen molar-refractivity contribution >= 4 is 16.7 Å². The van der Waals surface area contributed by atoms with Gasteiger partial charge in [0.05, 0.1) is 19.3 Å². The van der Waals surface area contributed by atoms with Gasteiger partial charge in [-0.2, -0.15) is 0 Å². The number of aromatic nitrogens is 1. The molecule has 8 nitrogen and oxygen atoms in total. The summed E-state index contributed by atoms with van der Waals surface area (Å²) < 4.78 is 6.63. The molecule has 4 rings (SSSR count). The van der Waals surface area contributed by atoms with E-state index >= 15 is 0 Å². The number of ether oxygens (including phenoxy) is 1. The van der Waals surface area contributed by atoms with Crippen molar-refractivity contribution in [3.63, 3.8) is 0 Å². The van der Waals surface area contributed by atoms with Crippen LogP contribution in [0, 0.1) is 11.8 Å². The number of hydrogen-bond acceptors (Lipinski definition) is 6. The Hall–Kier alpha value is -3.35. The van der Waals surface area contributed by atoms with E-state index in [9.17, 15) is 15.0 Å². The topological polar surface area (TPSA) is 107 Å². The second-order valence-corrected chi connectivity index (χ2v) is 8.16. The predicted molar refractivity (Wildman–Crippen MR) is 123 cm³/mol. The summed E-state index contributed by atoms with van der Waals surface area (Å²) in [4.78, 5) is 14.3. The molecule has 0 aliphatic carbocycles. The third kappa shape index (κ3) is 5.18. The summed E-state index contributed by atoms with van der Waals surface area (Å²) >= 11 is 0. The second kappa shape index (κ2) is 10.1. The molecule has 2 heterocycles. The smallest absolute Gasteiger partial charge is 0.269 e. The van der Waals surface area contributed by atoms with Crippen molar-refractivity contribution in [2.75, 3.05) is 26.3 Å². The van der Waals surface area contributed by atoms with E-state index in [1.807, 2.05) is 12.1 Å². The van der Waals surface area contributed by atoms with Crippen LogP contribution in [0.3, 0.4) is 0 Å². The summed E-state index contributed by atoms with van der Waals surface area (Å²) in [7, 11) is 0.